The zero-order valence-electron chi connectivity index (χ0n) is 12.9. The number of nitrogens with zero attached hydrogens (tertiary/aromatic N) is 1. The summed E-state index contributed by atoms with van der Waals surface area (Å²) in [4.78, 5) is 13.3. The molecule has 2 atom stereocenters. The monoisotopic (exact) mass is 416 g/mol. The molecule has 1 amide bonds. The molecule has 0 bridgehead atoms. The van der Waals surface area contributed by atoms with Crippen molar-refractivity contribution in [1.29, 1.82) is 0 Å². The molecular weight excluding hydrogens is 400 g/mol. The van der Waals surface area contributed by atoms with Crippen LogP contribution in [0.5, 0.6) is 0 Å². The van der Waals surface area contributed by atoms with Crippen LogP contribution in [0, 0.1) is 0 Å². The maximum atomic E-state index is 12.5. The van der Waals surface area contributed by atoms with Crippen LogP contribution in [0.1, 0.15) is 20.3 Å². The Hall–Kier alpha value is -0.750. The molecule has 2 N–H and O–H groups in total. The largest absolute Gasteiger partial charge is 0.433 e. The Balaban J connectivity index is 2.58. The summed E-state index contributed by atoms with van der Waals surface area (Å²) in [7, 11) is -7.78. The van der Waals surface area contributed by atoms with E-state index in [0.29, 0.717) is 17.3 Å². The van der Waals surface area contributed by atoms with Gasteiger partial charge in [-0.05, 0) is 31.9 Å². The van der Waals surface area contributed by atoms with Gasteiger partial charge in [0.1, 0.15) is 8.47 Å². The molecule has 0 saturated carbocycles. The van der Waals surface area contributed by atoms with E-state index < -0.39 is 37.2 Å². The number of likely N-dealkylation sites (N-methyl/N-ethyl adjacent to an activating group) is 1. The number of ether oxygens (including phenoxy) is 1. The van der Waals surface area contributed by atoms with E-state index in [9.17, 15) is 21.6 Å². The second-order valence-electron chi connectivity index (χ2n) is 5.26. The van der Waals surface area contributed by atoms with E-state index in [-0.39, 0.29) is 27.5 Å². The van der Waals surface area contributed by atoms with E-state index >= 15 is 0 Å². The number of nitrogens with two attached hydrogens (primary N) is 1. The Morgan fingerprint density at radius 2 is 2.17 bits per heavy atom. The number of hydrogen-bond acceptors (Lipinski definition) is 7. The fourth-order valence-corrected chi connectivity index (χ4v) is 7.15. The molecule has 0 aromatic rings. The van der Waals surface area contributed by atoms with Crippen LogP contribution >= 0.6 is 23.4 Å². The predicted molar refractivity (Wildman–Crippen MR) is 92.2 cm³/mol. The lowest BCUT2D eigenvalue weighted by Crippen LogP contribution is -2.42. The van der Waals surface area contributed by atoms with Crippen molar-refractivity contribution >= 4 is 49.3 Å². The van der Waals surface area contributed by atoms with Crippen LogP contribution in [0.25, 0.3) is 0 Å². The second kappa shape index (κ2) is 6.87. The molecule has 2 aliphatic heterocycles. The average molecular weight is 417 g/mol. The molecule has 0 spiro atoms. The first-order valence-electron chi connectivity index (χ1n) is 6.92. The van der Waals surface area contributed by atoms with Crippen LogP contribution in [0.3, 0.4) is 0 Å². The van der Waals surface area contributed by atoms with Crippen molar-refractivity contribution in [3.63, 3.8) is 0 Å². The molecule has 0 fully saturated rings. The topological polar surface area (TPSA) is 124 Å². The summed E-state index contributed by atoms with van der Waals surface area (Å²) in [5.41, 5.74) is 0.466. The number of primary sulfonamides is 1. The van der Waals surface area contributed by atoms with Gasteiger partial charge in [-0.1, -0.05) is 23.4 Å². The highest BCUT2D eigenvalue weighted by Gasteiger charge is 2.45. The number of alkyl halides is 1. The molecule has 2 aliphatic rings. The number of sulfonamides is 1. The Morgan fingerprint density at radius 1 is 1.54 bits per heavy atom. The zero-order valence-corrected chi connectivity index (χ0v) is 16.1. The minimum atomic E-state index is -4.12. The van der Waals surface area contributed by atoms with Gasteiger partial charge in [0, 0.05) is 6.54 Å². The molecule has 0 aliphatic carbocycles. The maximum absolute atomic E-state index is 12.5. The standard InChI is InChI=1S/C12H17ClN2O6S3/c1-3-15(12(16)21-6-13)9-5-10(24(14,19)20)22-11-8(9)4-7(2)23(11,17)18/h5,7,9H,3-4,6H2,1-2H3,(H2,14,19,20)/t7-,9-/m0/s1. The first-order valence-corrected chi connectivity index (χ1v) is 11.4. The van der Waals surface area contributed by atoms with Gasteiger partial charge in [0.25, 0.3) is 0 Å². The number of amides is 1. The Bertz CT molecular complexity index is 818. The van der Waals surface area contributed by atoms with Gasteiger partial charge in [0.05, 0.1) is 11.3 Å². The third-order valence-corrected chi connectivity index (χ3v) is 9.26. The number of carbonyl (C=O) groups excluding carboxylic acids is 1. The van der Waals surface area contributed by atoms with Gasteiger partial charge in [-0.2, -0.15) is 0 Å². The highest BCUT2D eigenvalue weighted by Crippen LogP contribution is 2.48. The van der Waals surface area contributed by atoms with Crippen molar-refractivity contribution in [2.45, 2.75) is 31.6 Å². The first kappa shape index (κ1) is 19.6. The predicted octanol–water partition coefficient (Wildman–Crippen LogP) is 1.31. The van der Waals surface area contributed by atoms with Crippen LogP contribution in [-0.2, 0) is 24.6 Å². The highest BCUT2D eigenvalue weighted by atomic mass is 35.5. The summed E-state index contributed by atoms with van der Waals surface area (Å²) in [5, 5.41) is 4.46. The van der Waals surface area contributed by atoms with E-state index in [1.165, 1.54) is 17.9 Å². The molecule has 24 heavy (non-hydrogen) atoms. The van der Waals surface area contributed by atoms with Gasteiger partial charge in [-0.3, -0.25) is 4.90 Å². The number of hydrogen-bond donors (Lipinski definition) is 1. The van der Waals surface area contributed by atoms with E-state index in [4.69, 9.17) is 21.5 Å². The summed E-state index contributed by atoms with van der Waals surface area (Å²) >= 11 is 6.02. The smallest absolute Gasteiger partial charge is 0.411 e. The molecule has 0 saturated heterocycles. The van der Waals surface area contributed by atoms with Gasteiger partial charge in [0.2, 0.25) is 10.0 Å². The van der Waals surface area contributed by atoms with Gasteiger partial charge >= 0.3 is 6.09 Å². The SMILES string of the molecule is CCN(C(=O)OCCl)[C@H]1C=C(S(N)(=O)=O)SC2=C1C[C@H](C)S2(=O)=O. The molecule has 136 valence electrons. The fraction of sp³-hybridized carbons (Fsp3) is 0.583. The average Bonchev–Trinajstić information content (AvgIpc) is 2.70. The number of halogens is 1. The lowest BCUT2D eigenvalue weighted by molar-refractivity contribution is 0.114. The van der Waals surface area contributed by atoms with E-state index in [2.05, 4.69) is 0 Å². The van der Waals surface area contributed by atoms with Crippen molar-refractivity contribution in [3.05, 3.63) is 20.1 Å². The number of rotatable bonds is 4. The molecule has 12 heteroatoms. The van der Waals surface area contributed by atoms with E-state index in [1.54, 1.807) is 6.92 Å². The zero-order chi connectivity index (χ0) is 18.3. The summed E-state index contributed by atoms with van der Waals surface area (Å²) in [6.45, 7) is 3.37. The Kier molecular flexibility index (Phi) is 5.60. The van der Waals surface area contributed by atoms with Crippen molar-refractivity contribution in [3.8, 4) is 0 Å². The lowest BCUT2D eigenvalue weighted by atomic mass is 10.0. The quantitative estimate of drug-likeness (QED) is 0.685. The Labute approximate surface area is 150 Å². The van der Waals surface area contributed by atoms with Crippen molar-refractivity contribution in [2.24, 2.45) is 5.14 Å². The van der Waals surface area contributed by atoms with Crippen LogP contribution in [0.4, 0.5) is 4.79 Å². The molecule has 0 radical (unpaired) electrons. The van der Waals surface area contributed by atoms with Crippen LogP contribution < -0.4 is 5.14 Å². The van der Waals surface area contributed by atoms with E-state index in [1.807, 2.05) is 0 Å². The molecule has 2 heterocycles. The Morgan fingerprint density at radius 3 is 2.67 bits per heavy atom. The van der Waals surface area contributed by atoms with Gasteiger partial charge in [-0.15, -0.1) is 0 Å². The summed E-state index contributed by atoms with van der Waals surface area (Å²) < 4.78 is 52.8. The van der Waals surface area contributed by atoms with Gasteiger partial charge in [0.15, 0.2) is 15.9 Å². The molecule has 8 nitrogen and oxygen atoms in total. The number of thioether (sulfide) groups is 1. The molecule has 0 unspecified atom stereocenters. The van der Waals surface area contributed by atoms with Gasteiger partial charge in [-0.25, -0.2) is 26.8 Å². The second-order valence-corrected chi connectivity index (χ2v) is 10.9. The van der Waals surface area contributed by atoms with Crippen molar-refractivity contribution in [2.75, 3.05) is 12.6 Å². The highest BCUT2D eigenvalue weighted by molar-refractivity contribution is 8.27. The summed E-state index contributed by atoms with van der Waals surface area (Å²) in [6, 6.07) is -1.24. The minimum Gasteiger partial charge on any atom is -0.433 e. The summed E-state index contributed by atoms with van der Waals surface area (Å²) in [6.07, 6.45) is 0.720. The van der Waals surface area contributed by atoms with Crippen LogP contribution in [0.15, 0.2) is 20.1 Å². The molecular formula is C12H17ClN2O6S3. The lowest BCUT2D eigenvalue weighted by Gasteiger charge is -2.31. The van der Waals surface area contributed by atoms with Crippen molar-refractivity contribution < 1.29 is 26.4 Å². The maximum Gasteiger partial charge on any atom is 0.411 e. The molecule has 0 aromatic heterocycles. The number of carbonyl (C=O) groups is 1. The number of sulfone groups is 1. The van der Waals surface area contributed by atoms with Crippen molar-refractivity contribution in [1.82, 2.24) is 4.90 Å². The first-order chi connectivity index (χ1) is 11.0. The molecule has 0 aromatic carbocycles. The van der Waals surface area contributed by atoms with Crippen LogP contribution in [-0.4, -0.2) is 51.7 Å². The van der Waals surface area contributed by atoms with Crippen LogP contribution in [0.2, 0.25) is 0 Å². The summed E-state index contributed by atoms with van der Waals surface area (Å²) in [5.74, 6) is 0. The van der Waals surface area contributed by atoms with E-state index in [0.717, 1.165) is 0 Å². The fourth-order valence-electron chi connectivity index (χ4n) is 2.59. The molecule has 2 rings (SSSR count). The third-order valence-electron chi connectivity index (χ3n) is 3.77. The normalized spacial score (nSPS) is 25.9. The van der Waals surface area contributed by atoms with Gasteiger partial charge < -0.3 is 4.74 Å². The third kappa shape index (κ3) is 3.45. The minimum absolute atomic E-state index is 0.0522.